The molecule has 0 unspecified atom stereocenters. The first-order chi connectivity index (χ1) is 6.42. The van der Waals surface area contributed by atoms with E-state index in [1.54, 1.807) is 0 Å². The van der Waals surface area contributed by atoms with Gasteiger partial charge in [-0.25, -0.2) is 0 Å². The number of benzene rings is 1. The predicted octanol–water partition coefficient (Wildman–Crippen LogP) is 3.76. The molecule has 13 heavy (non-hydrogen) atoms. The molecule has 2 rings (SSSR count). The van der Waals surface area contributed by atoms with Gasteiger partial charge in [0.05, 0.1) is 0 Å². The van der Waals surface area contributed by atoms with E-state index in [0.717, 1.165) is 6.42 Å². The van der Waals surface area contributed by atoms with Crippen molar-refractivity contribution in [3.8, 4) is 0 Å². The Morgan fingerprint density at radius 3 is 2.85 bits per heavy atom. The van der Waals surface area contributed by atoms with Crippen LogP contribution in [0.5, 0.6) is 0 Å². The SMILES string of the molecule is C=Cc1cccc2c1C=CCC=C2. The highest BCUT2D eigenvalue weighted by Gasteiger charge is 2.01. The average molecular weight is 168 g/mol. The molecular weight excluding hydrogens is 156 g/mol. The third-order valence-corrected chi connectivity index (χ3v) is 2.25. The zero-order valence-electron chi connectivity index (χ0n) is 7.53. The van der Waals surface area contributed by atoms with Crippen LogP contribution in [0.2, 0.25) is 0 Å². The van der Waals surface area contributed by atoms with Gasteiger partial charge in [-0.2, -0.15) is 0 Å². The molecule has 0 heteroatoms. The van der Waals surface area contributed by atoms with Crippen molar-refractivity contribution in [3.63, 3.8) is 0 Å². The van der Waals surface area contributed by atoms with Gasteiger partial charge in [-0.1, -0.05) is 55.2 Å². The number of hydrogen-bond donors (Lipinski definition) is 0. The smallest absolute Gasteiger partial charge is 0.0115 e. The van der Waals surface area contributed by atoms with Crippen LogP contribution in [-0.2, 0) is 0 Å². The molecule has 64 valence electrons. The van der Waals surface area contributed by atoms with E-state index in [2.05, 4.69) is 49.1 Å². The van der Waals surface area contributed by atoms with E-state index < -0.39 is 0 Å². The second kappa shape index (κ2) is 3.44. The summed E-state index contributed by atoms with van der Waals surface area (Å²) in [5.74, 6) is 0. The third-order valence-electron chi connectivity index (χ3n) is 2.25. The Labute approximate surface area is 78.9 Å². The fourth-order valence-electron chi connectivity index (χ4n) is 1.58. The summed E-state index contributed by atoms with van der Waals surface area (Å²) in [7, 11) is 0. The van der Waals surface area contributed by atoms with E-state index >= 15 is 0 Å². The van der Waals surface area contributed by atoms with E-state index in [-0.39, 0.29) is 0 Å². The third kappa shape index (κ3) is 1.48. The molecule has 0 bridgehead atoms. The lowest BCUT2D eigenvalue weighted by Gasteiger charge is -2.03. The first-order valence-electron chi connectivity index (χ1n) is 4.50. The van der Waals surface area contributed by atoms with Gasteiger partial charge in [0, 0.05) is 0 Å². The molecule has 0 nitrogen and oxygen atoms in total. The average Bonchev–Trinajstić information content (AvgIpc) is 2.41. The standard InChI is InChI=1S/C13H12/c1-2-11-8-6-9-12-7-4-3-5-10-13(11)12/h2,4-10H,1,3H2. The Kier molecular flexibility index (Phi) is 2.13. The zero-order valence-corrected chi connectivity index (χ0v) is 7.53. The van der Waals surface area contributed by atoms with Gasteiger partial charge in [0.2, 0.25) is 0 Å². The quantitative estimate of drug-likeness (QED) is 0.599. The second-order valence-corrected chi connectivity index (χ2v) is 3.09. The molecule has 0 aliphatic heterocycles. The highest BCUT2D eigenvalue weighted by atomic mass is 14.1. The molecule has 0 radical (unpaired) electrons. The lowest BCUT2D eigenvalue weighted by molar-refractivity contribution is 1.44. The molecule has 0 fully saturated rings. The summed E-state index contributed by atoms with van der Waals surface area (Å²) >= 11 is 0. The fraction of sp³-hybridized carbons (Fsp3) is 0.0769. The number of allylic oxidation sites excluding steroid dienone is 2. The Morgan fingerprint density at radius 2 is 2.00 bits per heavy atom. The Balaban J connectivity index is 2.66. The van der Waals surface area contributed by atoms with Crippen molar-refractivity contribution in [2.45, 2.75) is 6.42 Å². The summed E-state index contributed by atoms with van der Waals surface area (Å²) in [6.07, 6.45) is 11.6. The van der Waals surface area contributed by atoms with Crippen molar-refractivity contribution in [2.24, 2.45) is 0 Å². The van der Waals surface area contributed by atoms with Gasteiger partial charge >= 0.3 is 0 Å². The van der Waals surface area contributed by atoms with Gasteiger partial charge in [0.15, 0.2) is 0 Å². The largest absolute Gasteiger partial charge is 0.0984 e. The van der Waals surface area contributed by atoms with Crippen molar-refractivity contribution < 1.29 is 0 Å². The molecule has 0 saturated heterocycles. The normalized spacial score (nSPS) is 13.5. The minimum Gasteiger partial charge on any atom is -0.0984 e. The van der Waals surface area contributed by atoms with Crippen LogP contribution < -0.4 is 0 Å². The number of hydrogen-bond acceptors (Lipinski definition) is 0. The van der Waals surface area contributed by atoms with Crippen molar-refractivity contribution in [2.75, 3.05) is 0 Å². The molecule has 1 aromatic rings. The molecule has 0 N–H and O–H groups in total. The van der Waals surface area contributed by atoms with E-state index in [9.17, 15) is 0 Å². The van der Waals surface area contributed by atoms with Crippen molar-refractivity contribution in [1.29, 1.82) is 0 Å². The number of rotatable bonds is 1. The molecule has 1 aliphatic rings. The van der Waals surface area contributed by atoms with E-state index in [0.29, 0.717) is 0 Å². The van der Waals surface area contributed by atoms with E-state index in [4.69, 9.17) is 0 Å². The van der Waals surface area contributed by atoms with Gasteiger partial charge < -0.3 is 0 Å². The Morgan fingerprint density at radius 1 is 1.15 bits per heavy atom. The molecule has 0 amide bonds. The lowest BCUT2D eigenvalue weighted by Crippen LogP contribution is -1.84. The van der Waals surface area contributed by atoms with Gasteiger partial charge in [0.25, 0.3) is 0 Å². The molecule has 0 atom stereocenters. The summed E-state index contributed by atoms with van der Waals surface area (Å²) in [4.78, 5) is 0. The maximum Gasteiger partial charge on any atom is -0.0115 e. The highest BCUT2D eigenvalue weighted by Crippen LogP contribution is 2.21. The monoisotopic (exact) mass is 168 g/mol. The van der Waals surface area contributed by atoms with Crippen LogP contribution in [0, 0.1) is 0 Å². The summed E-state index contributed by atoms with van der Waals surface area (Å²) in [6, 6.07) is 6.29. The van der Waals surface area contributed by atoms with Gasteiger partial charge in [-0.15, -0.1) is 0 Å². The maximum absolute atomic E-state index is 3.81. The van der Waals surface area contributed by atoms with Gasteiger partial charge in [-0.05, 0) is 23.1 Å². The first kappa shape index (κ1) is 8.06. The number of fused-ring (bicyclic) bond motifs is 1. The molecule has 1 aromatic carbocycles. The fourth-order valence-corrected chi connectivity index (χ4v) is 1.58. The molecular formula is C13H12. The summed E-state index contributed by atoms with van der Waals surface area (Å²) in [5, 5.41) is 0. The van der Waals surface area contributed by atoms with Crippen LogP contribution in [0.25, 0.3) is 18.2 Å². The Bertz CT molecular complexity index is 381. The summed E-state index contributed by atoms with van der Waals surface area (Å²) in [5.41, 5.74) is 3.78. The Hall–Kier alpha value is -1.56. The minimum atomic E-state index is 1.02. The summed E-state index contributed by atoms with van der Waals surface area (Å²) < 4.78 is 0. The summed E-state index contributed by atoms with van der Waals surface area (Å²) in [6.45, 7) is 3.81. The van der Waals surface area contributed by atoms with Crippen LogP contribution in [0.3, 0.4) is 0 Å². The molecule has 0 spiro atoms. The van der Waals surface area contributed by atoms with Crippen molar-refractivity contribution in [1.82, 2.24) is 0 Å². The molecule has 0 aromatic heterocycles. The van der Waals surface area contributed by atoms with Crippen LogP contribution in [0.4, 0.5) is 0 Å². The maximum atomic E-state index is 3.81. The van der Waals surface area contributed by atoms with Crippen LogP contribution in [-0.4, -0.2) is 0 Å². The van der Waals surface area contributed by atoms with Crippen LogP contribution >= 0.6 is 0 Å². The first-order valence-corrected chi connectivity index (χ1v) is 4.50. The van der Waals surface area contributed by atoms with Crippen LogP contribution in [0.15, 0.2) is 36.9 Å². The van der Waals surface area contributed by atoms with E-state index in [1.807, 2.05) is 6.08 Å². The minimum absolute atomic E-state index is 1.02. The zero-order chi connectivity index (χ0) is 9.10. The molecule has 0 saturated carbocycles. The van der Waals surface area contributed by atoms with Crippen molar-refractivity contribution in [3.05, 3.63) is 53.6 Å². The van der Waals surface area contributed by atoms with Crippen LogP contribution in [0.1, 0.15) is 23.1 Å². The van der Waals surface area contributed by atoms with Crippen molar-refractivity contribution >= 4 is 18.2 Å². The lowest BCUT2D eigenvalue weighted by atomic mass is 10.0. The predicted molar refractivity (Wildman–Crippen MR) is 59.2 cm³/mol. The van der Waals surface area contributed by atoms with Gasteiger partial charge in [0.1, 0.15) is 0 Å². The highest BCUT2D eigenvalue weighted by molar-refractivity contribution is 5.74. The second-order valence-electron chi connectivity index (χ2n) is 3.09. The topological polar surface area (TPSA) is 0 Å². The van der Waals surface area contributed by atoms with Gasteiger partial charge in [-0.3, -0.25) is 0 Å². The molecule has 0 heterocycles. The van der Waals surface area contributed by atoms with E-state index in [1.165, 1.54) is 16.7 Å². The molecule has 1 aliphatic carbocycles.